The van der Waals surface area contributed by atoms with Crippen LogP contribution in [0.5, 0.6) is 0 Å². The highest BCUT2D eigenvalue weighted by atomic mass is 79.9. The number of aryl methyl sites for hydroxylation is 2. The van der Waals surface area contributed by atoms with Crippen molar-refractivity contribution in [1.82, 2.24) is 4.98 Å². The number of carbonyl (C=O) groups excluding carboxylic acids is 1. The number of carbonyl (C=O) groups is 1. The standard InChI is InChI=1S/C13H13BrN2OS/c1-8-6-11(15-9(2)13(8)14)16-12(17)7-10-4-3-5-18-10/h3-6H,7H2,1-2H3,(H,15,16,17). The number of thiophene rings is 1. The van der Waals surface area contributed by atoms with Crippen molar-refractivity contribution in [2.75, 3.05) is 5.32 Å². The van der Waals surface area contributed by atoms with Gasteiger partial charge in [-0.3, -0.25) is 4.79 Å². The number of halogens is 1. The topological polar surface area (TPSA) is 42.0 Å². The summed E-state index contributed by atoms with van der Waals surface area (Å²) in [6, 6.07) is 5.76. The summed E-state index contributed by atoms with van der Waals surface area (Å²) in [7, 11) is 0. The number of anilines is 1. The van der Waals surface area contributed by atoms with Crippen molar-refractivity contribution >= 4 is 39.0 Å². The Labute approximate surface area is 118 Å². The van der Waals surface area contributed by atoms with E-state index in [0.29, 0.717) is 12.2 Å². The molecule has 18 heavy (non-hydrogen) atoms. The molecule has 2 heterocycles. The number of hydrogen-bond acceptors (Lipinski definition) is 3. The lowest BCUT2D eigenvalue weighted by Crippen LogP contribution is -2.15. The quantitative estimate of drug-likeness (QED) is 0.935. The molecule has 0 fully saturated rings. The first-order chi connectivity index (χ1) is 8.56. The highest BCUT2D eigenvalue weighted by Gasteiger charge is 2.08. The summed E-state index contributed by atoms with van der Waals surface area (Å²) in [6.45, 7) is 3.89. The smallest absolute Gasteiger partial charge is 0.230 e. The van der Waals surface area contributed by atoms with Crippen LogP contribution in [0.1, 0.15) is 16.1 Å². The second-order valence-corrected chi connectivity index (χ2v) is 5.85. The second-order valence-electron chi connectivity index (χ2n) is 4.03. The minimum Gasteiger partial charge on any atom is -0.310 e. The molecule has 0 atom stereocenters. The van der Waals surface area contributed by atoms with E-state index in [9.17, 15) is 4.79 Å². The van der Waals surface area contributed by atoms with Gasteiger partial charge in [0.2, 0.25) is 5.91 Å². The molecule has 5 heteroatoms. The van der Waals surface area contributed by atoms with E-state index >= 15 is 0 Å². The van der Waals surface area contributed by atoms with Crippen molar-refractivity contribution in [2.45, 2.75) is 20.3 Å². The van der Waals surface area contributed by atoms with Gasteiger partial charge in [0.25, 0.3) is 0 Å². The fourth-order valence-corrected chi connectivity index (χ4v) is 2.54. The van der Waals surface area contributed by atoms with Crippen LogP contribution in [0, 0.1) is 13.8 Å². The fraction of sp³-hybridized carbons (Fsp3) is 0.231. The van der Waals surface area contributed by atoms with E-state index in [4.69, 9.17) is 0 Å². The van der Waals surface area contributed by atoms with E-state index < -0.39 is 0 Å². The summed E-state index contributed by atoms with van der Waals surface area (Å²) in [5.74, 6) is 0.570. The van der Waals surface area contributed by atoms with Crippen molar-refractivity contribution in [3.8, 4) is 0 Å². The summed E-state index contributed by atoms with van der Waals surface area (Å²) >= 11 is 5.04. The summed E-state index contributed by atoms with van der Waals surface area (Å²) in [5.41, 5.74) is 1.94. The number of nitrogens with zero attached hydrogens (tertiary/aromatic N) is 1. The minimum absolute atomic E-state index is 0.0360. The molecule has 0 aromatic carbocycles. The van der Waals surface area contributed by atoms with Crippen LogP contribution in [0.4, 0.5) is 5.82 Å². The van der Waals surface area contributed by atoms with Crippen molar-refractivity contribution in [3.05, 3.63) is 44.2 Å². The molecule has 0 bridgehead atoms. The molecule has 1 amide bonds. The highest BCUT2D eigenvalue weighted by Crippen LogP contribution is 2.22. The average Bonchev–Trinajstić information content (AvgIpc) is 2.78. The van der Waals surface area contributed by atoms with Gasteiger partial charge in [0.15, 0.2) is 0 Å². The molecule has 1 N–H and O–H groups in total. The van der Waals surface area contributed by atoms with E-state index in [2.05, 4.69) is 26.2 Å². The lowest BCUT2D eigenvalue weighted by molar-refractivity contribution is -0.115. The monoisotopic (exact) mass is 324 g/mol. The van der Waals surface area contributed by atoms with Gasteiger partial charge in [-0.05, 0) is 52.9 Å². The Morgan fingerprint density at radius 2 is 2.28 bits per heavy atom. The number of rotatable bonds is 3. The maximum Gasteiger partial charge on any atom is 0.230 e. The maximum atomic E-state index is 11.8. The van der Waals surface area contributed by atoms with E-state index in [0.717, 1.165) is 20.6 Å². The van der Waals surface area contributed by atoms with Crippen LogP contribution in [0.25, 0.3) is 0 Å². The van der Waals surface area contributed by atoms with Crippen LogP contribution in [-0.2, 0) is 11.2 Å². The van der Waals surface area contributed by atoms with Gasteiger partial charge in [-0.15, -0.1) is 11.3 Å². The van der Waals surface area contributed by atoms with Gasteiger partial charge < -0.3 is 5.32 Å². The van der Waals surface area contributed by atoms with Gasteiger partial charge in [0.1, 0.15) is 5.82 Å². The Bertz CT molecular complexity index is 543. The van der Waals surface area contributed by atoms with E-state index in [1.165, 1.54) is 0 Å². The normalized spacial score (nSPS) is 10.4. The molecular weight excluding hydrogens is 312 g/mol. The lowest BCUT2D eigenvalue weighted by Gasteiger charge is -2.08. The Balaban J connectivity index is 2.07. The molecule has 94 valence electrons. The molecule has 2 aromatic heterocycles. The number of amides is 1. The number of pyridine rings is 1. The van der Waals surface area contributed by atoms with Gasteiger partial charge in [-0.25, -0.2) is 4.98 Å². The van der Waals surface area contributed by atoms with E-state index in [-0.39, 0.29) is 5.91 Å². The third-order valence-electron chi connectivity index (χ3n) is 2.49. The molecule has 0 aliphatic heterocycles. The third-order valence-corrected chi connectivity index (χ3v) is 4.56. The summed E-state index contributed by atoms with van der Waals surface area (Å²) in [4.78, 5) is 17.2. The summed E-state index contributed by atoms with van der Waals surface area (Å²) < 4.78 is 0.985. The minimum atomic E-state index is -0.0360. The van der Waals surface area contributed by atoms with Gasteiger partial charge >= 0.3 is 0 Å². The Hall–Kier alpha value is -1.20. The Morgan fingerprint density at radius 1 is 1.50 bits per heavy atom. The van der Waals surface area contributed by atoms with Gasteiger partial charge in [0.05, 0.1) is 12.1 Å². The lowest BCUT2D eigenvalue weighted by atomic mass is 10.2. The van der Waals surface area contributed by atoms with E-state index in [1.54, 1.807) is 11.3 Å². The number of hydrogen-bond donors (Lipinski definition) is 1. The van der Waals surface area contributed by atoms with E-state index in [1.807, 2.05) is 37.4 Å². The molecule has 0 saturated carbocycles. The highest BCUT2D eigenvalue weighted by molar-refractivity contribution is 9.10. The van der Waals surface area contributed by atoms with Gasteiger partial charge in [0, 0.05) is 9.35 Å². The molecule has 0 aliphatic carbocycles. The molecule has 0 radical (unpaired) electrons. The van der Waals surface area contributed by atoms with Crippen LogP contribution in [0.2, 0.25) is 0 Å². The van der Waals surface area contributed by atoms with Gasteiger partial charge in [-0.1, -0.05) is 6.07 Å². The van der Waals surface area contributed by atoms with Gasteiger partial charge in [-0.2, -0.15) is 0 Å². The van der Waals surface area contributed by atoms with Crippen molar-refractivity contribution in [3.63, 3.8) is 0 Å². The molecule has 0 spiro atoms. The first-order valence-corrected chi connectivity index (χ1v) is 7.19. The summed E-state index contributed by atoms with van der Waals surface area (Å²) in [6.07, 6.45) is 0.396. The van der Waals surface area contributed by atoms with Crippen LogP contribution in [0.3, 0.4) is 0 Å². The third kappa shape index (κ3) is 3.17. The molecule has 3 nitrogen and oxygen atoms in total. The SMILES string of the molecule is Cc1cc(NC(=O)Cc2cccs2)nc(C)c1Br. The summed E-state index contributed by atoms with van der Waals surface area (Å²) in [5, 5.41) is 4.79. The van der Waals surface area contributed by atoms with Crippen molar-refractivity contribution in [1.29, 1.82) is 0 Å². The second kappa shape index (κ2) is 5.63. The molecular formula is C13H13BrN2OS. The molecule has 2 aromatic rings. The Morgan fingerprint density at radius 3 is 2.89 bits per heavy atom. The van der Waals surface area contributed by atoms with Crippen LogP contribution in [-0.4, -0.2) is 10.9 Å². The zero-order valence-corrected chi connectivity index (χ0v) is 12.6. The zero-order valence-electron chi connectivity index (χ0n) is 10.2. The van der Waals surface area contributed by atoms with Crippen LogP contribution in [0.15, 0.2) is 28.1 Å². The molecule has 2 rings (SSSR count). The first-order valence-electron chi connectivity index (χ1n) is 5.52. The Kier molecular flexibility index (Phi) is 4.14. The molecule has 0 aliphatic rings. The van der Waals surface area contributed by atoms with Crippen LogP contribution < -0.4 is 5.32 Å². The van der Waals surface area contributed by atoms with Crippen LogP contribution >= 0.6 is 27.3 Å². The number of nitrogens with one attached hydrogen (secondary N) is 1. The predicted octanol–water partition coefficient (Wildman–Crippen LogP) is 3.70. The molecule has 0 unspecified atom stereocenters. The maximum absolute atomic E-state index is 11.8. The average molecular weight is 325 g/mol. The largest absolute Gasteiger partial charge is 0.310 e. The first kappa shape index (κ1) is 13.2. The molecule has 0 saturated heterocycles. The predicted molar refractivity (Wildman–Crippen MR) is 78.1 cm³/mol. The zero-order chi connectivity index (χ0) is 13.1. The number of aromatic nitrogens is 1. The van der Waals surface area contributed by atoms with Crippen molar-refractivity contribution < 1.29 is 4.79 Å². The fourth-order valence-electron chi connectivity index (χ4n) is 1.64. The van der Waals surface area contributed by atoms with Crippen molar-refractivity contribution in [2.24, 2.45) is 0 Å².